The predicted molar refractivity (Wildman–Crippen MR) is 107 cm³/mol. The number of morpholine rings is 1. The van der Waals surface area contributed by atoms with Gasteiger partial charge in [0.05, 0.1) is 30.7 Å². The van der Waals surface area contributed by atoms with Crippen molar-refractivity contribution in [2.75, 3.05) is 56.8 Å². The standard InChI is InChI=1S/C19H23N5O2S/c1-25-8-5-20-17-16-15(21-11-22-17)14-12-3-2-4-13(12)18(23-19(14)27-16)24-6-9-26-10-7-24/h11H,2-10H2,1H3,(H,20,21,22)/p+1. The summed E-state index contributed by atoms with van der Waals surface area (Å²) < 4.78 is 11.8. The largest absolute Gasteiger partial charge is 0.383 e. The molecule has 1 aliphatic heterocycles. The average molecular weight is 387 g/mol. The molecule has 8 heteroatoms. The average Bonchev–Trinajstić information content (AvgIpc) is 3.32. The lowest BCUT2D eigenvalue weighted by Gasteiger charge is -2.23. The van der Waals surface area contributed by atoms with Crippen LogP contribution in [0.3, 0.4) is 0 Å². The molecule has 0 unspecified atom stereocenters. The molecular formula is C19H24N5O2S+. The van der Waals surface area contributed by atoms with Gasteiger partial charge < -0.3 is 14.8 Å². The minimum absolute atomic E-state index is 0.652. The van der Waals surface area contributed by atoms with Crippen LogP contribution in [0.5, 0.6) is 0 Å². The molecule has 5 rings (SSSR count). The summed E-state index contributed by atoms with van der Waals surface area (Å²) in [7, 11) is 1.71. The summed E-state index contributed by atoms with van der Waals surface area (Å²) in [5.74, 6) is 2.18. The highest BCUT2D eigenvalue weighted by atomic mass is 32.1. The number of rotatable bonds is 5. The smallest absolute Gasteiger partial charge is 0.279 e. The highest BCUT2D eigenvalue weighted by Gasteiger charge is 2.31. The Hall–Kier alpha value is -2.03. The second-order valence-electron chi connectivity index (χ2n) is 7.01. The van der Waals surface area contributed by atoms with Gasteiger partial charge in [0, 0.05) is 19.2 Å². The van der Waals surface area contributed by atoms with Crippen LogP contribution >= 0.6 is 11.3 Å². The number of aromatic amines is 1. The van der Waals surface area contributed by atoms with Crippen LogP contribution in [0.15, 0.2) is 6.33 Å². The van der Waals surface area contributed by atoms with E-state index < -0.39 is 0 Å². The van der Waals surface area contributed by atoms with Crippen LogP contribution in [0.25, 0.3) is 20.4 Å². The van der Waals surface area contributed by atoms with E-state index >= 15 is 0 Å². The van der Waals surface area contributed by atoms with E-state index in [1.54, 1.807) is 24.8 Å². The quantitative estimate of drug-likeness (QED) is 0.677. The molecule has 0 saturated carbocycles. The number of aryl methyl sites for hydroxylation is 1. The van der Waals surface area contributed by atoms with Gasteiger partial charge in [-0.2, -0.15) is 0 Å². The molecule has 2 aliphatic rings. The normalized spacial score (nSPS) is 17.0. The van der Waals surface area contributed by atoms with E-state index in [9.17, 15) is 0 Å². The van der Waals surface area contributed by atoms with Gasteiger partial charge in [-0.1, -0.05) is 11.3 Å². The summed E-state index contributed by atoms with van der Waals surface area (Å²) >= 11 is 1.75. The molecule has 3 aromatic heterocycles. The minimum atomic E-state index is 0.652. The lowest BCUT2D eigenvalue weighted by molar-refractivity contribution is -0.328. The third-order valence-corrected chi connectivity index (χ3v) is 6.54. The summed E-state index contributed by atoms with van der Waals surface area (Å²) in [4.78, 5) is 16.5. The second kappa shape index (κ2) is 7.18. The molecule has 0 spiro atoms. The number of ether oxygens (including phenoxy) is 2. The van der Waals surface area contributed by atoms with Gasteiger partial charge in [0.1, 0.15) is 29.9 Å². The maximum absolute atomic E-state index is 5.55. The number of nitrogens with zero attached hydrogens (tertiary/aromatic N) is 3. The maximum Gasteiger partial charge on any atom is 0.279 e. The van der Waals surface area contributed by atoms with E-state index in [4.69, 9.17) is 9.47 Å². The zero-order chi connectivity index (χ0) is 18.2. The Morgan fingerprint density at radius 3 is 2.96 bits per heavy atom. The van der Waals surface area contributed by atoms with E-state index in [1.165, 1.54) is 33.6 Å². The van der Waals surface area contributed by atoms with Crippen molar-refractivity contribution in [3.8, 4) is 0 Å². The lowest BCUT2D eigenvalue weighted by Crippen LogP contribution is -2.40. The molecule has 4 heterocycles. The Morgan fingerprint density at radius 2 is 2.11 bits per heavy atom. The van der Waals surface area contributed by atoms with E-state index in [0.717, 1.165) is 61.7 Å². The first-order valence-electron chi connectivity index (χ1n) is 9.56. The van der Waals surface area contributed by atoms with Crippen molar-refractivity contribution in [2.45, 2.75) is 19.3 Å². The fourth-order valence-electron chi connectivity index (χ4n) is 4.20. The second-order valence-corrected chi connectivity index (χ2v) is 8.03. The zero-order valence-corrected chi connectivity index (χ0v) is 16.3. The summed E-state index contributed by atoms with van der Waals surface area (Å²) in [6.07, 6.45) is 5.14. The number of aromatic nitrogens is 3. The number of hydrogen-bond acceptors (Lipinski definition) is 7. The highest BCUT2D eigenvalue weighted by molar-refractivity contribution is 7.25. The van der Waals surface area contributed by atoms with E-state index in [-0.39, 0.29) is 0 Å². The number of thiophene rings is 1. The van der Waals surface area contributed by atoms with Crippen molar-refractivity contribution < 1.29 is 14.5 Å². The lowest BCUT2D eigenvalue weighted by atomic mass is 10.1. The van der Waals surface area contributed by atoms with Crippen LogP contribution in [0.2, 0.25) is 0 Å². The molecule has 1 aliphatic carbocycles. The number of anilines is 2. The SMILES string of the molecule is COCCNc1ncnc2c1sc1[nH+]c(N3CCOCC3)c3c(c12)CCC3. The first-order valence-corrected chi connectivity index (χ1v) is 10.4. The zero-order valence-electron chi connectivity index (χ0n) is 15.5. The third-order valence-electron chi connectivity index (χ3n) is 5.44. The Labute approximate surface area is 161 Å². The first kappa shape index (κ1) is 17.1. The monoisotopic (exact) mass is 386 g/mol. The summed E-state index contributed by atoms with van der Waals surface area (Å²) in [5.41, 5.74) is 4.00. The predicted octanol–water partition coefficient (Wildman–Crippen LogP) is 2.04. The van der Waals surface area contributed by atoms with Gasteiger partial charge in [0.15, 0.2) is 4.83 Å². The van der Waals surface area contributed by atoms with Crippen molar-refractivity contribution in [3.05, 3.63) is 17.5 Å². The highest BCUT2D eigenvalue weighted by Crippen LogP contribution is 2.41. The Morgan fingerprint density at radius 1 is 1.26 bits per heavy atom. The number of hydrogen-bond donors (Lipinski definition) is 1. The van der Waals surface area contributed by atoms with Gasteiger partial charge in [-0.25, -0.2) is 15.0 Å². The molecule has 0 amide bonds. The molecule has 7 nitrogen and oxygen atoms in total. The van der Waals surface area contributed by atoms with Crippen LogP contribution < -0.4 is 15.2 Å². The number of H-pyrrole nitrogens is 1. The molecule has 1 fully saturated rings. The molecule has 3 aromatic rings. The van der Waals surface area contributed by atoms with Gasteiger partial charge in [-0.15, -0.1) is 0 Å². The Kier molecular flexibility index (Phi) is 4.55. The van der Waals surface area contributed by atoms with Crippen molar-refractivity contribution >= 4 is 43.4 Å². The van der Waals surface area contributed by atoms with E-state index in [0.29, 0.717) is 6.61 Å². The molecular weight excluding hydrogens is 362 g/mol. The number of fused-ring (bicyclic) bond motifs is 5. The van der Waals surface area contributed by atoms with E-state index in [2.05, 4.69) is 25.2 Å². The molecule has 0 bridgehead atoms. The van der Waals surface area contributed by atoms with Crippen LogP contribution in [0, 0.1) is 0 Å². The van der Waals surface area contributed by atoms with Crippen LogP contribution in [-0.4, -0.2) is 56.5 Å². The summed E-state index contributed by atoms with van der Waals surface area (Å²) in [5, 5.41) is 4.68. The first-order chi connectivity index (χ1) is 13.4. The van der Waals surface area contributed by atoms with Crippen molar-refractivity contribution in [1.29, 1.82) is 0 Å². The van der Waals surface area contributed by atoms with E-state index in [1.807, 2.05) is 0 Å². The molecule has 1 saturated heterocycles. The molecule has 2 N–H and O–H groups in total. The number of nitrogens with one attached hydrogen (secondary N) is 2. The van der Waals surface area contributed by atoms with Gasteiger partial charge in [0.2, 0.25) is 0 Å². The third kappa shape index (κ3) is 2.92. The molecule has 0 aromatic carbocycles. The maximum atomic E-state index is 5.55. The van der Waals surface area contributed by atoms with Crippen LogP contribution in [-0.2, 0) is 22.3 Å². The van der Waals surface area contributed by atoms with Crippen LogP contribution in [0.1, 0.15) is 17.5 Å². The van der Waals surface area contributed by atoms with Gasteiger partial charge >= 0.3 is 0 Å². The summed E-state index contributed by atoms with van der Waals surface area (Å²) in [6.45, 7) is 4.88. The molecule has 27 heavy (non-hydrogen) atoms. The Balaban J connectivity index is 1.66. The Bertz CT molecular complexity index is 983. The van der Waals surface area contributed by atoms with Crippen molar-refractivity contribution in [2.24, 2.45) is 0 Å². The van der Waals surface area contributed by atoms with Crippen molar-refractivity contribution in [1.82, 2.24) is 9.97 Å². The van der Waals surface area contributed by atoms with Gasteiger partial charge in [-0.05, 0) is 24.8 Å². The summed E-state index contributed by atoms with van der Waals surface area (Å²) in [6, 6.07) is 0. The van der Waals surface area contributed by atoms with Crippen LogP contribution in [0.4, 0.5) is 11.6 Å². The molecule has 0 radical (unpaired) electrons. The minimum Gasteiger partial charge on any atom is -0.383 e. The topological polar surface area (TPSA) is 73.7 Å². The van der Waals surface area contributed by atoms with Crippen molar-refractivity contribution in [3.63, 3.8) is 0 Å². The number of pyridine rings is 1. The van der Waals surface area contributed by atoms with Gasteiger partial charge in [0.25, 0.3) is 5.82 Å². The fraction of sp³-hybridized carbons (Fsp3) is 0.526. The molecule has 142 valence electrons. The number of methoxy groups -OCH3 is 1. The fourth-order valence-corrected chi connectivity index (χ4v) is 5.34. The van der Waals surface area contributed by atoms with Gasteiger partial charge in [-0.3, -0.25) is 4.90 Å². The molecule has 0 atom stereocenters.